The minimum atomic E-state index is 0.586. The van der Waals surface area contributed by atoms with Crippen molar-refractivity contribution in [2.45, 2.75) is 0 Å². The second kappa shape index (κ2) is 6.45. The normalized spacial score (nSPS) is 14.8. The van der Waals surface area contributed by atoms with Gasteiger partial charge in [-0.1, -0.05) is 28.1 Å². The maximum atomic E-state index is 5.54. The summed E-state index contributed by atoms with van der Waals surface area (Å²) in [6, 6.07) is 7.80. The highest BCUT2D eigenvalue weighted by Gasteiger charge is 2.09. The van der Waals surface area contributed by atoms with Crippen LogP contribution in [0.5, 0.6) is 5.75 Å². The highest BCUT2D eigenvalue weighted by Crippen LogP contribution is 2.14. The van der Waals surface area contributed by atoms with Crippen molar-refractivity contribution in [2.24, 2.45) is 4.99 Å². The van der Waals surface area contributed by atoms with Gasteiger partial charge in [0.15, 0.2) is 0 Å². The number of halogens is 1. The van der Waals surface area contributed by atoms with E-state index in [0.29, 0.717) is 13.2 Å². The van der Waals surface area contributed by atoms with Crippen molar-refractivity contribution in [3.8, 4) is 5.75 Å². The fraction of sp³-hybridized carbons (Fsp3) is 0.308. The summed E-state index contributed by atoms with van der Waals surface area (Å²) in [5.74, 6) is 1.59. The third-order valence-electron chi connectivity index (χ3n) is 2.29. The van der Waals surface area contributed by atoms with Crippen LogP contribution in [-0.4, -0.2) is 31.0 Å². The number of hydrogen-bond acceptors (Lipinski definition) is 3. The highest BCUT2D eigenvalue weighted by atomic mass is 79.9. The van der Waals surface area contributed by atoms with E-state index in [1.165, 1.54) is 0 Å². The van der Waals surface area contributed by atoms with Crippen LogP contribution in [0.4, 0.5) is 0 Å². The van der Waals surface area contributed by atoms with Crippen molar-refractivity contribution in [3.05, 3.63) is 42.0 Å². The van der Waals surface area contributed by atoms with E-state index in [1.807, 2.05) is 36.4 Å². The summed E-state index contributed by atoms with van der Waals surface area (Å²) >= 11 is 3.31. The van der Waals surface area contributed by atoms with E-state index in [9.17, 15) is 0 Å². The van der Waals surface area contributed by atoms with Gasteiger partial charge in [0, 0.05) is 10.9 Å². The van der Waals surface area contributed by atoms with Gasteiger partial charge < -0.3 is 9.47 Å². The molecule has 0 saturated carbocycles. The van der Waals surface area contributed by atoms with Crippen molar-refractivity contribution in [2.75, 3.05) is 25.1 Å². The van der Waals surface area contributed by atoms with Crippen LogP contribution in [0.25, 0.3) is 0 Å². The smallest absolute Gasteiger partial charge is 0.216 e. The molecule has 0 saturated heterocycles. The minimum Gasteiger partial charge on any atom is -0.490 e. The number of aliphatic imine (C=N–C) groups is 1. The lowest BCUT2D eigenvalue weighted by molar-refractivity contribution is 0.348. The Hall–Kier alpha value is -1.29. The molecule has 0 unspecified atom stereocenters. The average Bonchev–Trinajstić information content (AvgIpc) is 2.89. The second-order valence-electron chi connectivity index (χ2n) is 3.50. The lowest BCUT2D eigenvalue weighted by atomic mass is 10.2. The Labute approximate surface area is 109 Å². The van der Waals surface area contributed by atoms with Gasteiger partial charge in [0.1, 0.15) is 19.0 Å². The third kappa shape index (κ3) is 3.60. The molecule has 0 bridgehead atoms. The summed E-state index contributed by atoms with van der Waals surface area (Å²) < 4.78 is 10.9. The van der Waals surface area contributed by atoms with E-state index in [4.69, 9.17) is 9.47 Å². The van der Waals surface area contributed by atoms with E-state index >= 15 is 0 Å². The molecule has 2 rings (SSSR count). The lowest BCUT2D eigenvalue weighted by Gasteiger charge is -2.05. The summed E-state index contributed by atoms with van der Waals surface area (Å²) in [6.07, 6.45) is 3.99. The first-order chi connectivity index (χ1) is 8.40. The molecule has 1 heterocycles. The quantitative estimate of drug-likeness (QED) is 0.618. The molecule has 1 aliphatic heterocycles. The number of hydrogen-bond donors (Lipinski definition) is 0. The van der Waals surface area contributed by atoms with E-state index in [0.717, 1.165) is 29.1 Å². The predicted octanol–water partition coefficient (Wildman–Crippen LogP) is 2.79. The second-order valence-corrected chi connectivity index (χ2v) is 4.14. The van der Waals surface area contributed by atoms with Gasteiger partial charge >= 0.3 is 0 Å². The van der Waals surface area contributed by atoms with Crippen LogP contribution in [0.2, 0.25) is 0 Å². The molecule has 17 heavy (non-hydrogen) atoms. The van der Waals surface area contributed by atoms with Crippen molar-refractivity contribution in [1.29, 1.82) is 0 Å². The van der Waals surface area contributed by atoms with Gasteiger partial charge in [-0.25, -0.2) is 4.99 Å². The molecule has 1 aromatic rings. The molecule has 3 nitrogen and oxygen atoms in total. The van der Waals surface area contributed by atoms with Crippen molar-refractivity contribution < 1.29 is 9.47 Å². The fourth-order valence-corrected chi connectivity index (χ4v) is 1.74. The maximum absolute atomic E-state index is 5.54. The van der Waals surface area contributed by atoms with Gasteiger partial charge in [-0.3, -0.25) is 0 Å². The monoisotopic (exact) mass is 295 g/mol. The van der Waals surface area contributed by atoms with E-state index in [2.05, 4.69) is 20.9 Å². The van der Waals surface area contributed by atoms with Crippen molar-refractivity contribution in [1.82, 2.24) is 0 Å². The largest absolute Gasteiger partial charge is 0.490 e. The molecule has 0 fully saturated rings. The van der Waals surface area contributed by atoms with Crippen LogP contribution in [0, 0.1) is 0 Å². The number of allylic oxidation sites excluding steroid dienone is 1. The van der Waals surface area contributed by atoms with Crippen LogP contribution < -0.4 is 4.74 Å². The van der Waals surface area contributed by atoms with E-state index in [1.54, 1.807) is 0 Å². The van der Waals surface area contributed by atoms with E-state index in [-0.39, 0.29) is 0 Å². The Morgan fingerprint density at radius 3 is 2.76 bits per heavy atom. The summed E-state index contributed by atoms with van der Waals surface area (Å²) in [5, 5.41) is 0.854. The Bertz CT molecular complexity index is 412. The third-order valence-corrected chi connectivity index (χ3v) is 2.66. The molecule has 90 valence electrons. The van der Waals surface area contributed by atoms with Gasteiger partial charge in [0.25, 0.3) is 0 Å². The number of alkyl halides is 1. The molecule has 0 amide bonds. The van der Waals surface area contributed by atoms with Crippen molar-refractivity contribution in [3.63, 3.8) is 0 Å². The first-order valence-electron chi connectivity index (χ1n) is 5.51. The van der Waals surface area contributed by atoms with Crippen LogP contribution >= 0.6 is 15.9 Å². The molecule has 1 aliphatic rings. The predicted molar refractivity (Wildman–Crippen MR) is 72.2 cm³/mol. The Morgan fingerprint density at radius 1 is 1.29 bits per heavy atom. The highest BCUT2D eigenvalue weighted by molar-refractivity contribution is 9.09. The maximum Gasteiger partial charge on any atom is 0.216 e. The lowest BCUT2D eigenvalue weighted by Crippen LogP contribution is -2.01. The van der Waals surface area contributed by atoms with Crippen LogP contribution in [-0.2, 0) is 4.74 Å². The molecule has 4 heteroatoms. The number of rotatable bonds is 5. The zero-order valence-electron chi connectivity index (χ0n) is 9.43. The van der Waals surface area contributed by atoms with Crippen LogP contribution in [0.1, 0.15) is 5.56 Å². The summed E-state index contributed by atoms with van der Waals surface area (Å²) in [7, 11) is 0. The Balaban J connectivity index is 1.91. The zero-order valence-corrected chi connectivity index (χ0v) is 11.0. The molecule has 0 N–H and O–H groups in total. The first kappa shape index (κ1) is 12.2. The minimum absolute atomic E-state index is 0.586. The van der Waals surface area contributed by atoms with Gasteiger partial charge in [-0.15, -0.1) is 0 Å². The number of benzene rings is 1. The molecular formula is C13H14BrNO2. The Kier molecular flexibility index (Phi) is 4.62. The van der Waals surface area contributed by atoms with Gasteiger partial charge in [-0.05, 0) is 24.3 Å². The van der Waals surface area contributed by atoms with Crippen LogP contribution in [0.15, 0.2) is 41.4 Å². The van der Waals surface area contributed by atoms with Crippen LogP contribution in [0.3, 0.4) is 0 Å². The average molecular weight is 296 g/mol. The summed E-state index contributed by atoms with van der Waals surface area (Å²) in [5.41, 5.74) is 1.01. The van der Waals surface area contributed by atoms with Gasteiger partial charge in [0.05, 0.1) is 6.54 Å². The molecule has 0 spiro atoms. The standard InChI is InChI=1S/C13H14BrNO2/c14-7-1-2-9-16-12-5-3-11(4-6-12)13-15-8-10-17-13/h1-6H,7-10H2/b2-1+. The SMILES string of the molecule is BrC/C=C/COc1ccc(C2=NCCO2)cc1. The fourth-order valence-electron chi connectivity index (χ4n) is 1.48. The Morgan fingerprint density at radius 2 is 2.12 bits per heavy atom. The summed E-state index contributed by atoms with van der Waals surface area (Å²) in [4.78, 5) is 4.26. The molecule has 0 radical (unpaired) electrons. The molecule has 1 aromatic carbocycles. The number of nitrogens with zero attached hydrogens (tertiary/aromatic N) is 1. The van der Waals surface area contributed by atoms with Gasteiger partial charge in [-0.2, -0.15) is 0 Å². The molecule has 0 aliphatic carbocycles. The van der Waals surface area contributed by atoms with Crippen molar-refractivity contribution >= 4 is 21.8 Å². The van der Waals surface area contributed by atoms with E-state index < -0.39 is 0 Å². The number of ether oxygens (including phenoxy) is 2. The molecule has 0 aromatic heterocycles. The molecular weight excluding hydrogens is 282 g/mol. The summed E-state index contributed by atoms with van der Waals surface area (Å²) in [6.45, 7) is 2.03. The zero-order chi connectivity index (χ0) is 11.9. The molecule has 0 atom stereocenters. The van der Waals surface area contributed by atoms with Gasteiger partial charge in [0.2, 0.25) is 5.90 Å². The topological polar surface area (TPSA) is 30.8 Å². The first-order valence-corrected chi connectivity index (χ1v) is 6.64.